The Bertz CT molecular complexity index is 859. The molecule has 0 bridgehead atoms. The summed E-state index contributed by atoms with van der Waals surface area (Å²) in [5.41, 5.74) is 2.08. The van der Waals surface area contributed by atoms with E-state index in [1.165, 1.54) is 24.3 Å². The molecule has 1 N–H and O–H groups in total. The van der Waals surface area contributed by atoms with E-state index in [4.69, 9.17) is 11.6 Å². The van der Waals surface area contributed by atoms with Gasteiger partial charge in [-0.1, -0.05) is 23.7 Å². The van der Waals surface area contributed by atoms with Crippen LogP contribution in [-0.4, -0.2) is 15.5 Å². The molecule has 6 heteroatoms. The number of hydrogen-bond donors (Lipinski definition) is 1. The normalized spacial score (nSPS) is 10.6. The number of carbonyl (C=O) groups excluding carboxylic acids is 1. The zero-order valence-electron chi connectivity index (χ0n) is 12.3. The first-order valence-electron chi connectivity index (χ1n) is 6.89. The Morgan fingerprint density at radius 1 is 1.22 bits per heavy atom. The molecule has 0 aliphatic carbocycles. The van der Waals surface area contributed by atoms with Gasteiger partial charge in [0.2, 0.25) is 5.95 Å². The van der Waals surface area contributed by atoms with E-state index >= 15 is 0 Å². The topological polar surface area (TPSA) is 46.9 Å². The monoisotopic (exact) mass is 329 g/mol. The van der Waals surface area contributed by atoms with Crippen molar-refractivity contribution in [2.75, 3.05) is 5.32 Å². The lowest BCUT2D eigenvalue weighted by Crippen LogP contribution is -2.15. The molecule has 4 nitrogen and oxygen atoms in total. The molecule has 0 radical (unpaired) electrons. The van der Waals surface area contributed by atoms with E-state index in [0.717, 1.165) is 11.3 Å². The van der Waals surface area contributed by atoms with Crippen molar-refractivity contribution in [3.8, 4) is 11.3 Å². The van der Waals surface area contributed by atoms with Crippen LogP contribution in [-0.2, 0) is 7.05 Å². The fourth-order valence-electron chi connectivity index (χ4n) is 2.22. The molecule has 1 aromatic heterocycles. The van der Waals surface area contributed by atoms with Crippen molar-refractivity contribution < 1.29 is 9.18 Å². The SMILES string of the molecule is Cn1c(-c2cccc(Cl)c2)cnc1NC(=O)c1ccc(F)cc1. The molecule has 1 heterocycles. The summed E-state index contributed by atoms with van der Waals surface area (Å²) in [6.45, 7) is 0. The van der Waals surface area contributed by atoms with E-state index < -0.39 is 0 Å². The minimum atomic E-state index is -0.387. The van der Waals surface area contributed by atoms with Crippen LogP contribution in [0.3, 0.4) is 0 Å². The predicted octanol–water partition coefficient (Wildman–Crippen LogP) is 4.13. The standard InChI is InChI=1S/C17H13ClFN3O/c1-22-15(12-3-2-4-13(18)9-12)10-20-17(22)21-16(23)11-5-7-14(19)8-6-11/h2-10H,1H3,(H,20,21,23). The number of carbonyl (C=O) groups is 1. The van der Waals surface area contributed by atoms with Crippen LogP contribution < -0.4 is 5.32 Å². The van der Waals surface area contributed by atoms with Crippen molar-refractivity contribution in [2.45, 2.75) is 0 Å². The Hall–Kier alpha value is -2.66. The van der Waals surface area contributed by atoms with Crippen LogP contribution >= 0.6 is 11.6 Å². The van der Waals surface area contributed by atoms with Crippen molar-refractivity contribution in [1.29, 1.82) is 0 Å². The first-order chi connectivity index (χ1) is 11.0. The number of amides is 1. The van der Waals surface area contributed by atoms with E-state index in [2.05, 4.69) is 10.3 Å². The minimum absolute atomic E-state index is 0.351. The van der Waals surface area contributed by atoms with Crippen LogP contribution in [0.2, 0.25) is 5.02 Å². The van der Waals surface area contributed by atoms with Gasteiger partial charge in [0.05, 0.1) is 11.9 Å². The lowest BCUT2D eigenvalue weighted by Gasteiger charge is -2.08. The van der Waals surface area contributed by atoms with Gasteiger partial charge in [-0.25, -0.2) is 9.37 Å². The van der Waals surface area contributed by atoms with Crippen LogP contribution in [0.15, 0.2) is 54.7 Å². The highest BCUT2D eigenvalue weighted by atomic mass is 35.5. The molecule has 0 saturated carbocycles. The number of benzene rings is 2. The second-order valence-corrected chi connectivity index (χ2v) is 5.43. The molecule has 0 spiro atoms. The Morgan fingerprint density at radius 2 is 1.96 bits per heavy atom. The van der Waals surface area contributed by atoms with Crippen molar-refractivity contribution in [3.05, 3.63) is 71.1 Å². The zero-order valence-corrected chi connectivity index (χ0v) is 13.0. The highest BCUT2D eigenvalue weighted by molar-refractivity contribution is 6.30. The fraction of sp³-hybridized carbons (Fsp3) is 0.0588. The van der Waals surface area contributed by atoms with Crippen molar-refractivity contribution in [1.82, 2.24) is 9.55 Å². The van der Waals surface area contributed by atoms with Gasteiger partial charge in [0, 0.05) is 23.2 Å². The van der Waals surface area contributed by atoms with Gasteiger partial charge >= 0.3 is 0 Å². The van der Waals surface area contributed by atoms with Crippen LogP contribution in [0, 0.1) is 5.82 Å². The van der Waals surface area contributed by atoms with Gasteiger partial charge in [-0.15, -0.1) is 0 Å². The fourth-order valence-corrected chi connectivity index (χ4v) is 2.41. The lowest BCUT2D eigenvalue weighted by atomic mass is 10.2. The quantitative estimate of drug-likeness (QED) is 0.785. The van der Waals surface area contributed by atoms with Gasteiger partial charge in [0.15, 0.2) is 0 Å². The van der Waals surface area contributed by atoms with E-state index in [1.54, 1.807) is 23.9 Å². The molecule has 3 rings (SSSR count). The molecule has 2 aromatic carbocycles. The summed E-state index contributed by atoms with van der Waals surface area (Å²) in [6, 6.07) is 12.7. The van der Waals surface area contributed by atoms with Gasteiger partial charge in [-0.3, -0.25) is 10.1 Å². The average molecular weight is 330 g/mol. The highest BCUT2D eigenvalue weighted by Gasteiger charge is 2.13. The van der Waals surface area contributed by atoms with E-state index in [0.29, 0.717) is 16.5 Å². The summed E-state index contributed by atoms with van der Waals surface area (Å²) in [5, 5.41) is 3.33. The number of nitrogens with one attached hydrogen (secondary N) is 1. The number of anilines is 1. The average Bonchev–Trinajstić information content (AvgIpc) is 2.89. The predicted molar refractivity (Wildman–Crippen MR) is 88.0 cm³/mol. The number of halogens is 2. The number of imidazole rings is 1. The maximum absolute atomic E-state index is 12.9. The molecule has 116 valence electrons. The largest absolute Gasteiger partial charge is 0.313 e. The Balaban J connectivity index is 1.85. The summed E-state index contributed by atoms with van der Waals surface area (Å²) in [6.07, 6.45) is 1.66. The Labute approximate surface area is 137 Å². The molecule has 0 atom stereocenters. The van der Waals surface area contributed by atoms with E-state index in [1.807, 2.05) is 18.2 Å². The van der Waals surface area contributed by atoms with Gasteiger partial charge in [-0.05, 0) is 36.4 Å². The summed E-state index contributed by atoms with van der Waals surface area (Å²) in [4.78, 5) is 16.4. The smallest absolute Gasteiger partial charge is 0.257 e. The summed E-state index contributed by atoms with van der Waals surface area (Å²) in [7, 11) is 1.80. The van der Waals surface area contributed by atoms with E-state index in [9.17, 15) is 9.18 Å². The molecule has 0 aliphatic heterocycles. The minimum Gasteiger partial charge on any atom is -0.313 e. The maximum Gasteiger partial charge on any atom is 0.257 e. The number of nitrogens with zero attached hydrogens (tertiary/aromatic N) is 2. The third-order valence-corrected chi connectivity index (χ3v) is 3.68. The van der Waals surface area contributed by atoms with Gasteiger partial charge in [0.1, 0.15) is 5.82 Å². The highest BCUT2D eigenvalue weighted by Crippen LogP contribution is 2.24. The first kappa shape index (κ1) is 15.2. The van der Waals surface area contributed by atoms with Crippen molar-refractivity contribution in [2.24, 2.45) is 7.05 Å². The van der Waals surface area contributed by atoms with Crippen LogP contribution in [0.5, 0.6) is 0 Å². The number of aromatic nitrogens is 2. The molecule has 0 fully saturated rings. The van der Waals surface area contributed by atoms with Crippen LogP contribution in [0.1, 0.15) is 10.4 Å². The molecule has 23 heavy (non-hydrogen) atoms. The molecular formula is C17H13ClFN3O. The second-order valence-electron chi connectivity index (χ2n) is 5.00. The maximum atomic E-state index is 12.9. The van der Waals surface area contributed by atoms with Crippen LogP contribution in [0.4, 0.5) is 10.3 Å². The summed E-state index contributed by atoms with van der Waals surface area (Å²) in [5.74, 6) is -0.340. The molecule has 0 unspecified atom stereocenters. The molecule has 0 saturated heterocycles. The molecule has 3 aromatic rings. The van der Waals surface area contributed by atoms with Gasteiger partial charge in [-0.2, -0.15) is 0 Å². The van der Waals surface area contributed by atoms with Crippen molar-refractivity contribution >= 4 is 23.5 Å². The van der Waals surface area contributed by atoms with Gasteiger partial charge in [0.25, 0.3) is 5.91 Å². The van der Waals surface area contributed by atoms with Gasteiger partial charge < -0.3 is 4.57 Å². The molecule has 1 amide bonds. The Morgan fingerprint density at radius 3 is 2.65 bits per heavy atom. The third-order valence-electron chi connectivity index (χ3n) is 3.44. The zero-order chi connectivity index (χ0) is 16.4. The molecule has 0 aliphatic rings. The second kappa shape index (κ2) is 6.22. The number of rotatable bonds is 3. The first-order valence-corrected chi connectivity index (χ1v) is 7.27. The summed E-state index contributed by atoms with van der Waals surface area (Å²) < 4.78 is 14.7. The summed E-state index contributed by atoms with van der Waals surface area (Å²) >= 11 is 6.00. The van der Waals surface area contributed by atoms with Crippen molar-refractivity contribution in [3.63, 3.8) is 0 Å². The van der Waals surface area contributed by atoms with E-state index in [-0.39, 0.29) is 11.7 Å². The van der Waals surface area contributed by atoms with Crippen LogP contribution in [0.25, 0.3) is 11.3 Å². The Kier molecular flexibility index (Phi) is 4.12. The third kappa shape index (κ3) is 3.24. The lowest BCUT2D eigenvalue weighted by molar-refractivity contribution is 0.102. The molecular weight excluding hydrogens is 317 g/mol. The number of hydrogen-bond acceptors (Lipinski definition) is 2.